The molecule has 2 aromatic heterocycles. The molecule has 13 rings (SSSR count). The van der Waals surface area contributed by atoms with E-state index in [-0.39, 0.29) is 70.6 Å². The van der Waals surface area contributed by atoms with Gasteiger partial charge in [0, 0.05) is 88.2 Å². The second-order valence-electron chi connectivity index (χ2n) is 22.2. The van der Waals surface area contributed by atoms with E-state index in [1.807, 2.05) is 19.1 Å². The Bertz CT molecular complexity index is 3170. The summed E-state index contributed by atoms with van der Waals surface area (Å²) in [5.74, 6) is -1.19. The van der Waals surface area contributed by atoms with Crippen LogP contribution in [-0.4, -0.2) is 173 Å². The summed E-state index contributed by atoms with van der Waals surface area (Å²) in [6.45, 7) is 11.9. The van der Waals surface area contributed by atoms with Gasteiger partial charge in [-0.1, -0.05) is 13.0 Å². The van der Waals surface area contributed by atoms with E-state index in [0.717, 1.165) is 108 Å². The summed E-state index contributed by atoms with van der Waals surface area (Å²) in [6, 6.07) is 12.2. The minimum atomic E-state index is -0.624. The van der Waals surface area contributed by atoms with Crippen molar-refractivity contribution in [3.8, 4) is 23.0 Å². The molecule has 3 aromatic carbocycles. The van der Waals surface area contributed by atoms with Gasteiger partial charge in [0.2, 0.25) is 11.8 Å². The van der Waals surface area contributed by atoms with E-state index < -0.39 is 11.9 Å². The maximum absolute atomic E-state index is 17.0. The molecule has 0 spiro atoms. The highest BCUT2D eigenvalue weighted by molar-refractivity contribution is 6.06. The van der Waals surface area contributed by atoms with Crippen molar-refractivity contribution in [3.05, 3.63) is 76.5 Å². The molecule has 0 radical (unpaired) electrons. The monoisotopic (exact) mass is 1070 g/mol. The zero-order chi connectivity index (χ0) is 53.8. The number of pyridine rings is 1. The number of amides is 4. The number of anilines is 2. The van der Waals surface area contributed by atoms with Gasteiger partial charge in [-0.15, -0.1) is 0 Å². The van der Waals surface area contributed by atoms with Gasteiger partial charge in [0.25, 0.3) is 5.91 Å². The minimum absolute atomic E-state index is 0.0143. The van der Waals surface area contributed by atoms with Crippen molar-refractivity contribution < 1.29 is 47.3 Å². The Balaban J connectivity index is 0.000000162. The van der Waals surface area contributed by atoms with E-state index in [1.54, 1.807) is 21.9 Å². The molecule has 10 heterocycles. The number of phenolic OH excluding ortho intramolecular Hbond substituents is 1. The van der Waals surface area contributed by atoms with E-state index in [2.05, 4.69) is 31.0 Å². The normalized spacial score (nSPS) is 22.6. The lowest BCUT2D eigenvalue weighted by Crippen LogP contribution is -2.54. The Morgan fingerprint density at radius 1 is 0.833 bits per heavy atom. The van der Waals surface area contributed by atoms with Gasteiger partial charge in [-0.05, 0) is 142 Å². The maximum atomic E-state index is 17.0. The number of methoxy groups -OCH3 is 1. The predicted molar refractivity (Wildman–Crippen MR) is 288 cm³/mol. The lowest BCUT2D eigenvalue weighted by atomic mass is 9.94. The second-order valence-corrected chi connectivity index (χ2v) is 22.2. The average molecular weight is 1070 g/mol. The fourth-order valence-electron chi connectivity index (χ4n) is 13.8. The van der Waals surface area contributed by atoms with E-state index >= 15 is 8.78 Å². The third kappa shape index (κ3) is 9.60. The van der Waals surface area contributed by atoms with Crippen molar-refractivity contribution in [2.24, 2.45) is 0 Å². The first-order chi connectivity index (χ1) is 37.9. The fourth-order valence-corrected chi connectivity index (χ4v) is 13.8. The Kier molecular flexibility index (Phi) is 14.3. The fraction of sp³-hybridized carbons (Fsp3) is 0.534. The smallest absolute Gasteiger partial charge is 0.409 e. The molecule has 0 aliphatic carbocycles. The molecule has 78 heavy (non-hydrogen) atoms. The van der Waals surface area contributed by atoms with Crippen LogP contribution in [0.15, 0.2) is 42.5 Å². The van der Waals surface area contributed by atoms with Crippen LogP contribution in [0.2, 0.25) is 0 Å². The molecule has 18 nitrogen and oxygen atoms in total. The van der Waals surface area contributed by atoms with Gasteiger partial charge in [0.1, 0.15) is 41.2 Å². The summed E-state index contributed by atoms with van der Waals surface area (Å²) in [7, 11) is 1.42. The molecule has 6 saturated heterocycles. The summed E-state index contributed by atoms with van der Waals surface area (Å²) < 4.78 is 49.2. The van der Waals surface area contributed by atoms with Gasteiger partial charge >= 0.3 is 12.1 Å². The topological polar surface area (TPSA) is 186 Å². The van der Waals surface area contributed by atoms with E-state index in [4.69, 9.17) is 29.2 Å². The lowest BCUT2D eigenvalue weighted by Gasteiger charge is -2.43. The molecule has 2 N–H and O–H groups in total. The number of carbonyl (C=O) groups excluding carboxylic acids is 4. The summed E-state index contributed by atoms with van der Waals surface area (Å²) >= 11 is 0. The largest absolute Gasteiger partial charge is 0.508 e. The number of aromatic hydroxyl groups is 1. The zero-order valence-electron chi connectivity index (χ0n) is 44.5. The Morgan fingerprint density at radius 3 is 2.38 bits per heavy atom. The Hall–Kier alpha value is -6.77. The number of nitrogens with one attached hydrogen (secondary N) is 1. The van der Waals surface area contributed by atoms with Crippen LogP contribution in [0.1, 0.15) is 98.3 Å². The standard InChI is InChI=1S/C34H37F2N5O3.C24H31N5O5/c1-2-23-25(35)8-6-20-16-22(42)17-24(27(20)23)30-29(36)31-28-26(37-30)9-7-21-18-43-15-5-14-41(21)32(28)39-33(38-31)44-19-34-10-3-12-40(34)13-4-11-34;1-34-24(33)28-12-10-27(11-13-28)17-6-8-26(9-7-17)18-2-3-19-16(14-18)15-29(23(19)32)20-4-5-21(30)25-22(20)31/h6,8,16-17,21,42H,2-5,7,9-15,18-19H2,1H3;2-3,14,17,20H,4-13,15H2,1H3,(H,25,30,31). The Morgan fingerprint density at radius 2 is 1.63 bits per heavy atom. The van der Waals surface area contributed by atoms with Gasteiger partial charge in [-0.25, -0.2) is 18.6 Å². The highest BCUT2D eigenvalue weighted by Crippen LogP contribution is 2.44. The molecule has 6 fully saturated rings. The first kappa shape index (κ1) is 52.0. The molecule has 2 atom stereocenters. The summed E-state index contributed by atoms with van der Waals surface area (Å²) in [4.78, 5) is 75.9. The number of aromatic nitrogens is 3. The van der Waals surface area contributed by atoms with E-state index in [0.29, 0.717) is 109 Å². The van der Waals surface area contributed by atoms with Gasteiger partial charge in [0.05, 0.1) is 36.4 Å². The van der Waals surface area contributed by atoms with E-state index in [1.165, 1.54) is 19.2 Å². The van der Waals surface area contributed by atoms with Crippen LogP contribution in [0.3, 0.4) is 0 Å². The molecular formula is C58H68F2N10O8. The first-order valence-corrected chi connectivity index (χ1v) is 28.1. The number of carbonyl (C=O) groups is 4. The summed E-state index contributed by atoms with van der Waals surface area (Å²) in [5, 5.41) is 14.8. The Labute approximate surface area is 452 Å². The van der Waals surface area contributed by atoms with Crippen LogP contribution in [-0.2, 0) is 38.4 Å². The van der Waals surface area contributed by atoms with Crippen molar-refractivity contribution >= 4 is 57.0 Å². The number of hydrogen-bond donors (Lipinski definition) is 2. The van der Waals surface area contributed by atoms with Crippen molar-refractivity contribution in [2.45, 2.75) is 114 Å². The third-order valence-corrected chi connectivity index (χ3v) is 17.9. The number of rotatable bonds is 8. The molecule has 8 aliphatic heterocycles. The summed E-state index contributed by atoms with van der Waals surface area (Å²) in [6.07, 6.45) is 9.51. The maximum Gasteiger partial charge on any atom is 0.409 e. The second kappa shape index (κ2) is 21.5. The third-order valence-electron chi connectivity index (χ3n) is 17.9. The molecule has 8 aliphatic rings. The quantitative estimate of drug-likeness (QED) is 0.156. The van der Waals surface area contributed by atoms with Crippen molar-refractivity contribution in [2.75, 3.05) is 95.6 Å². The number of aryl methyl sites for hydroxylation is 2. The number of piperazine rings is 1. The van der Waals surface area contributed by atoms with Crippen LogP contribution in [0, 0.1) is 11.6 Å². The molecule has 5 aromatic rings. The predicted octanol–water partition coefficient (Wildman–Crippen LogP) is 6.74. The average Bonchev–Trinajstić information content (AvgIpc) is 4.21. The van der Waals surface area contributed by atoms with Crippen molar-refractivity contribution in [3.63, 3.8) is 0 Å². The van der Waals surface area contributed by atoms with Gasteiger partial charge in [0.15, 0.2) is 5.82 Å². The van der Waals surface area contributed by atoms with Crippen LogP contribution in [0.25, 0.3) is 32.9 Å². The number of benzene rings is 3. The van der Waals surface area contributed by atoms with Crippen molar-refractivity contribution in [1.82, 2.24) is 39.9 Å². The van der Waals surface area contributed by atoms with Crippen LogP contribution in [0.4, 0.5) is 25.1 Å². The highest BCUT2D eigenvalue weighted by atomic mass is 19.1. The van der Waals surface area contributed by atoms with Crippen LogP contribution < -0.4 is 19.9 Å². The molecule has 20 heteroatoms. The summed E-state index contributed by atoms with van der Waals surface area (Å²) in [5.41, 5.74) is 4.37. The molecule has 0 bridgehead atoms. The molecule has 4 amide bonds. The number of phenols is 1. The lowest BCUT2D eigenvalue weighted by molar-refractivity contribution is -0.136. The van der Waals surface area contributed by atoms with E-state index in [9.17, 15) is 24.3 Å². The van der Waals surface area contributed by atoms with Gasteiger partial charge in [-0.3, -0.25) is 29.5 Å². The number of fused-ring (bicyclic) bond motifs is 5. The molecule has 2 unspecified atom stereocenters. The number of ether oxygens (including phenoxy) is 3. The van der Waals surface area contributed by atoms with Crippen LogP contribution in [0.5, 0.6) is 11.8 Å². The number of hydrogen-bond acceptors (Lipinski definition) is 15. The minimum Gasteiger partial charge on any atom is -0.508 e. The SMILES string of the molecule is CCc1c(F)ccc2cc(O)cc(-c3nc4c5c(nc(OCC67CCCN6CCC7)nc5c3F)N3CCCOCC3CC4)c12.COC(=O)N1CCN(C2CCN(c3ccc4c(c3)CN(C3CCC(=O)NC3=O)C4=O)CC2)CC1. The number of imide groups is 1. The van der Waals surface area contributed by atoms with Gasteiger partial charge in [-0.2, -0.15) is 9.97 Å². The first-order valence-electron chi connectivity index (χ1n) is 28.1. The van der Waals surface area contributed by atoms with Gasteiger partial charge < -0.3 is 38.9 Å². The molecular weight excluding hydrogens is 1000 g/mol. The van der Waals surface area contributed by atoms with Crippen molar-refractivity contribution in [1.29, 1.82) is 0 Å². The number of halogens is 2. The zero-order valence-corrected chi connectivity index (χ0v) is 44.5. The molecule has 0 saturated carbocycles. The molecule has 412 valence electrons. The number of piperidine rings is 2. The highest BCUT2D eigenvalue weighted by Gasteiger charge is 2.46. The van der Waals surface area contributed by atoms with Crippen LogP contribution >= 0.6 is 0 Å². The number of nitrogens with zero attached hydrogens (tertiary/aromatic N) is 9.